The zero-order chi connectivity index (χ0) is 10.6. The van der Waals surface area contributed by atoms with Crippen LogP contribution >= 0.6 is 11.3 Å². The molecule has 1 atom stereocenters. The van der Waals surface area contributed by atoms with Crippen molar-refractivity contribution in [1.82, 2.24) is 5.32 Å². The predicted molar refractivity (Wildman–Crippen MR) is 61.8 cm³/mol. The zero-order valence-corrected chi connectivity index (χ0v) is 10.1. The third-order valence-corrected chi connectivity index (χ3v) is 3.39. The summed E-state index contributed by atoms with van der Waals surface area (Å²) in [7, 11) is 1.76. The fraction of sp³-hybridized carbons (Fsp3) is 0.636. The molecule has 0 amide bonds. The molecule has 1 rings (SSSR count). The number of nitrogens with one attached hydrogen (secondary N) is 1. The first-order valence-electron chi connectivity index (χ1n) is 4.93. The van der Waals surface area contributed by atoms with E-state index in [9.17, 15) is 0 Å². The van der Waals surface area contributed by atoms with Crippen LogP contribution in [0, 0.1) is 0 Å². The van der Waals surface area contributed by atoms with Crippen molar-refractivity contribution in [3.63, 3.8) is 0 Å². The van der Waals surface area contributed by atoms with E-state index in [1.54, 1.807) is 18.4 Å². The maximum Gasteiger partial charge on any atom is 0.0824 e. The number of ether oxygens (including phenoxy) is 1. The molecule has 0 spiro atoms. The summed E-state index contributed by atoms with van der Waals surface area (Å²) in [6, 6.07) is 4.51. The molecule has 1 heterocycles. The van der Waals surface area contributed by atoms with Crippen molar-refractivity contribution < 1.29 is 4.74 Å². The van der Waals surface area contributed by atoms with Gasteiger partial charge in [0.05, 0.1) is 11.6 Å². The van der Waals surface area contributed by atoms with Crippen molar-refractivity contribution in [3.8, 4) is 0 Å². The van der Waals surface area contributed by atoms with Crippen molar-refractivity contribution >= 4 is 11.3 Å². The van der Waals surface area contributed by atoms with Crippen molar-refractivity contribution in [2.45, 2.75) is 32.4 Å². The highest BCUT2D eigenvalue weighted by Crippen LogP contribution is 2.30. The van der Waals surface area contributed by atoms with E-state index in [4.69, 9.17) is 4.74 Å². The highest BCUT2D eigenvalue weighted by atomic mass is 32.1. The second-order valence-corrected chi connectivity index (χ2v) is 4.79. The topological polar surface area (TPSA) is 21.3 Å². The van der Waals surface area contributed by atoms with E-state index in [0.717, 1.165) is 6.54 Å². The molecular formula is C11H19NOS. The quantitative estimate of drug-likeness (QED) is 0.812. The van der Waals surface area contributed by atoms with Crippen LogP contribution in [0.25, 0.3) is 0 Å². The van der Waals surface area contributed by atoms with Gasteiger partial charge in [0.2, 0.25) is 0 Å². The van der Waals surface area contributed by atoms with Gasteiger partial charge in [-0.05, 0) is 31.8 Å². The van der Waals surface area contributed by atoms with Crippen LogP contribution in [0.5, 0.6) is 0 Å². The second-order valence-electron chi connectivity index (χ2n) is 3.81. The maximum absolute atomic E-state index is 5.52. The van der Waals surface area contributed by atoms with Crippen LogP contribution < -0.4 is 5.32 Å². The minimum absolute atomic E-state index is 0.166. The second kappa shape index (κ2) is 4.91. The largest absolute Gasteiger partial charge is 0.377 e. The van der Waals surface area contributed by atoms with Gasteiger partial charge in [-0.3, -0.25) is 0 Å². The van der Waals surface area contributed by atoms with Gasteiger partial charge in [-0.2, -0.15) is 0 Å². The lowest BCUT2D eigenvalue weighted by molar-refractivity contribution is -0.00965. The fourth-order valence-corrected chi connectivity index (χ4v) is 2.44. The van der Waals surface area contributed by atoms with E-state index in [2.05, 4.69) is 43.6 Å². The number of thiophene rings is 1. The summed E-state index contributed by atoms with van der Waals surface area (Å²) in [5, 5.41) is 5.56. The molecule has 1 unspecified atom stereocenters. The van der Waals surface area contributed by atoms with Gasteiger partial charge < -0.3 is 10.1 Å². The lowest BCUT2D eigenvalue weighted by Gasteiger charge is -2.33. The standard InChI is InChI=1S/C11H19NOS/c1-5-12-10(11(2,3)13-4)9-7-6-8-14-9/h6-8,10,12H,5H2,1-4H3. The normalized spacial score (nSPS) is 14.3. The number of hydrogen-bond acceptors (Lipinski definition) is 3. The van der Waals surface area contributed by atoms with Gasteiger partial charge >= 0.3 is 0 Å². The van der Waals surface area contributed by atoms with Crippen molar-refractivity contribution in [2.24, 2.45) is 0 Å². The lowest BCUT2D eigenvalue weighted by atomic mass is 9.97. The third-order valence-electron chi connectivity index (χ3n) is 2.46. The number of hydrogen-bond donors (Lipinski definition) is 1. The molecule has 0 aliphatic carbocycles. The summed E-state index contributed by atoms with van der Waals surface area (Å²) in [5.74, 6) is 0. The Balaban J connectivity index is 2.84. The Kier molecular flexibility index (Phi) is 4.11. The number of likely N-dealkylation sites (N-methyl/N-ethyl adjacent to an activating group) is 1. The van der Waals surface area contributed by atoms with Crippen molar-refractivity contribution in [3.05, 3.63) is 22.4 Å². The van der Waals surface area contributed by atoms with Gasteiger partial charge in [-0.15, -0.1) is 11.3 Å². The molecule has 0 saturated carbocycles. The molecule has 0 aliphatic rings. The molecule has 2 nitrogen and oxygen atoms in total. The Hall–Kier alpha value is -0.380. The lowest BCUT2D eigenvalue weighted by Crippen LogP contribution is -2.40. The molecule has 0 saturated heterocycles. The van der Waals surface area contributed by atoms with Gasteiger partial charge in [0, 0.05) is 12.0 Å². The summed E-state index contributed by atoms with van der Waals surface area (Å²) in [6.45, 7) is 7.29. The minimum atomic E-state index is -0.166. The number of methoxy groups -OCH3 is 1. The molecule has 0 aromatic carbocycles. The molecule has 1 aromatic rings. The van der Waals surface area contributed by atoms with Crippen LogP contribution in [0.1, 0.15) is 31.7 Å². The van der Waals surface area contributed by atoms with Gasteiger partial charge in [-0.1, -0.05) is 13.0 Å². The molecule has 0 bridgehead atoms. The van der Waals surface area contributed by atoms with Crippen LogP contribution in [-0.2, 0) is 4.74 Å². The van der Waals surface area contributed by atoms with Crippen LogP contribution in [0.3, 0.4) is 0 Å². The third kappa shape index (κ3) is 2.56. The van der Waals surface area contributed by atoms with Gasteiger partial charge in [0.25, 0.3) is 0 Å². The molecule has 1 aromatic heterocycles. The SMILES string of the molecule is CCNC(c1cccs1)C(C)(C)OC. The maximum atomic E-state index is 5.52. The van der Waals surface area contributed by atoms with Gasteiger partial charge in [-0.25, -0.2) is 0 Å². The Labute approximate surface area is 90.3 Å². The van der Waals surface area contributed by atoms with Gasteiger partial charge in [0.1, 0.15) is 0 Å². The van der Waals surface area contributed by atoms with E-state index in [1.165, 1.54) is 4.88 Å². The average molecular weight is 213 g/mol. The van der Waals surface area contributed by atoms with E-state index < -0.39 is 0 Å². The first-order valence-corrected chi connectivity index (χ1v) is 5.81. The van der Waals surface area contributed by atoms with Crippen LogP contribution in [0.15, 0.2) is 17.5 Å². The van der Waals surface area contributed by atoms with Crippen molar-refractivity contribution in [2.75, 3.05) is 13.7 Å². The number of rotatable bonds is 5. The first-order chi connectivity index (χ1) is 6.61. The highest BCUT2D eigenvalue weighted by molar-refractivity contribution is 7.10. The molecule has 1 N–H and O–H groups in total. The average Bonchev–Trinajstić information content (AvgIpc) is 2.66. The Bertz CT molecular complexity index is 256. The van der Waals surface area contributed by atoms with Gasteiger partial charge in [0.15, 0.2) is 0 Å². The molecule has 3 heteroatoms. The zero-order valence-electron chi connectivity index (χ0n) is 9.33. The van der Waals surface area contributed by atoms with Crippen LogP contribution in [0.4, 0.5) is 0 Å². The first kappa shape index (κ1) is 11.7. The summed E-state index contributed by atoms with van der Waals surface area (Å²) in [6.07, 6.45) is 0. The molecule has 80 valence electrons. The van der Waals surface area contributed by atoms with Crippen LogP contribution in [0.2, 0.25) is 0 Å². The monoisotopic (exact) mass is 213 g/mol. The summed E-state index contributed by atoms with van der Waals surface area (Å²) < 4.78 is 5.52. The summed E-state index contributed by atoms with van der Waals surface area (Å²) in [4.78, 5) is 1.33. The molecule has 0 aliphatic heterocycles. The van der Waals surface area contributed by atoms with E-state index >= 15 is 0 Å². The molecular weight excluding hydrogens is 194 g/mol. The Morgan fingerprint density at radius 3 is 2.71 bits per heavy atom. The van der Waals surface area contributed by atoms with E-state index in [1.807, 2.05) is 0 Å². The Morgan fingerprint density at radius 1 is 1.57 bits per heavy atom. The highest BCUT2D eigenvalue weighted by Gasteiger charge is 2.30. The summed E-state index contributed by atoms with van der Waals surface area (Å²) >= 11 is 1.77. The summed E-state index contributed by atoms with van der Waals surface area (Å²) in [5.41, 5.74) is -0.166. The molecule has 0 fully saturated rings. The van der Waals surface area contributed by atoms with Crippen molar-refractivity contribution in [1.29, 1.82) is 0 Å². The fourth-order valence-electron chi connectivity index (χ4n) is 1.47. The Morgan fingerprint density at radius 2 is 2.29 bits per heavy atom. The molecule has 0 radical (unpaired) electrons. The molecule has 14 heavy (non-hydrogen) atoms. The van der Waals surface area contributed by atoms with Crippen LogP contribution in [-0.4, -0.2) is 19.3 Å². The van der Waals surface area contributed by atoms with E-state index in [0.29, 0.717) is 0 Å². The predicted octanol–water partition coefficient (Wildman–Crippen LogP) is 2.82. The minimum Gasteiger partial charge on any atom is -0.377 e. The van der Waals surface area contributed by atoms with E-state index in [-0.39, 0.29) is 11.6 Å². The smallest absolute Gasteiger partial charge is 0.0824 e.